The first-order valence-corrected chi connectivity index (χ1v) is 8.21. The van der Waals surface area contributed by atoms with Gasteiger partial charge in [0, 0.05) is 25.0 Å². The normalized spacial score (nSPS) is 18.9. The molecule has 1 fully saturated rings. The van der Waals surface area contributed by atoms with Gasteiger partial charge in [-0.05, 0) is 18.7 Å². The fourth-order valence-corrected chi connectivity index (χ4v) is 3.39. The quantitative estimate of drug-likeness (QED) is 0.790. The number of aromatic amines is 1. The van der Waals surface area contributed by atoms with Gasteiger partial charge in [-0.25, -0.2) is 0 Å². The second kappa shape index (κ2) is 6.09. The van der Waals surface area contributed by atoms with E-state index in [0.29, 0.717) is 12.2 Å². The lowest BCUT2D eigenvalue weighted by Crippen LogP contribution is -2.49. The van der Waals surface area contributed by atoms with E-state index in [1.54, 1.807) is 0 Å². The van der Waals surface area contributed by atoms with Crippen LogP contribution in [0, 0.1) is 0 Å². The van der Waals surface area contributed by atoms with Gasteiger partial charge < -0.3 is 9.80 Å². The lowest BCUT2D eigenvalue weighted by molar-refractivity contribution is 0.0494. The third-order valence-electron chi connectivity index (χ3n) is 4.70. The van der Waals surface area contributed by atoms with Gasteiger partial charge >= 0.3 is 0 Å². The van der Waals surface area contributed by atoms with Crippen LogP contribution in [0.25, 0.3) is 10.9 Å². The van der Waals surface area contributed by atoms with Crippen LogP contribution in [0.3, 0.4) is 0 Å². The smallest absolute Gasteiger partial charge is 0.275 e. The van der Waals surface area contributed by atoms with Gasteiger partial charge in [0.2, 0.25) is 0 Å². The molecule has 2 aromatic carbocycles. The first-order chi connectivity index (χ1) is 11.7. The molecule has 3 aromatic rings. The minimum Gasteiger partial charge on any atom is -0.328 e. The summed E-state index contributed by atoms with van der Waals surface area (Å²) in [6, 6.07) is 18.0. The van der Waals surface area contributed by atoms with Crippen molar-refractivity contribution in [1.82, 2.24) is 20.0 Å². The van der Waals surface area contributed by atoms with E-state index in [9.17, 15) is 4.79 Å². The van der Waals surface area contributed by atoms with Crippen molar-refractivity contribution in [2.24, 2.45) is 0 Å². The fourth-order valence-electron chi connectivity index (χ4n) is 3.39. The minimum absolute atomic E-state index is 0.00518. The van der Waals surface area contributed by atoms with Crippen LogP contribution in [0.5, 0.6) is 0 Å². The number of rotatable bonds is 2. The molecule has 0 bridgehead atoms. The van der Waals surface area contributed by atoms with Crippen LogP contribution in [0.2, 0.25) is 0 Å². The molecule has 0 saturated carbocycles. The van der Waals surface area contributed by atoms with Crippen LogP contribution in [0.4, 0.5) is 0 Å². The average Bonchev–Trinajstić information content (AvgIpc) is 3.06. The zero-order valence-corrected chi connectivity index (χ0v) is 13.6. The lowest BCUT2D eigenvalue weighted by Gasteiger charge is -2.40. The molecule has 0 radical (unpaired) electrons. The number of nitrogens with zero attached hydrogens (tertiary/aromatic N) is 3. The van der Waals surface area contributed by atoms with Crippen LogP contribution < -0.4 is 0 Å². The van der Waals surface area contributed by atoms with E-state index < -0.39 is 0 Å². The van der Waals surface area contributed by atoms with Crippen LogP contribution >= 0.6 is 0 Å². The largest absolute Gasteiger partial charge is 0.328 e. The van der Waals surface area contributed by atoms with Gasteiger partial charge in [0.25, 0.3) is 5.91 Å². The van der Waals surface area contributed by atoms with E-state index in [1.165, 1.54) is 0 Å². The third kappa shape index (κ3) is 2.57. The number of carbonyl (C=O) groups is 1. The summed E-state index contributed by atoms with van der Waals surface area (Å²) in [7, 11) is 2.10. The zero-order chi connectivity index (χ0) is 16.5. The Kier molecular flexibility index (Phi) is 3.78. The van der Waals surface area contributed by atoms with Crippen molar-refractivity contribution < 1.29 is 4.79 Å². The topological polar surface area (TPSA) is 52.2 Å². The Morgan fingerprint density at radius 2 is 1.83 bits per heavy atom. The maximum Gasteiger partial charge on any atom is 0.275 e. The second-order valence-corrected chi connectivity index (χ2v) is 6.31. The van der Waals surface area contributed by atoms with Gasteiger partial charge in [-0.2, -0.15) is 5.10 Å². The van der Waals surface area contributed by atoms with E-state index in [4.69, 9.17) is 0 Å². The number of carbonyl (C=O) groups excluding carboxylic acids is 1. The van der Waals surface area contributed by atoms with Crippen molar-refractivity contribution in [3.8, 4) is 0 Å². The summed E-state index contributed by atoms with van der Waals surface area (Å²) in [5, 5.41) is 8.13. The number of fused-ring (bicyclic) bond motifs is 1. The molecule has 2 heterocycles. The molecule has 1 N–H and O–H groups in total. The number of likely N-dealkylation sites (N-methyl/N-ethyl adjacent to an activating group) is 1. The van der Waals surface area contributed by atoms with Crippen LogP contribution in [-0.4, -0.2) is 52.6 Å². The van der Waals surface area contributed by atoms with Crippen molar-refractivity contribution in [3.05, 3.63) is 65.9 Å². The SMILES string of the molecule is CN1CCN(C(=O)c2n[nH]c3ccccc23)C(c2ccccc2)C1. The highest BCUT2D eigenvalue weighted by atomic mass is 16.2. The molecule has 122 valence electrons. The van der Waals surface area contributed by atoms with Crippen molar-refractivity contribution in [1.29, 1.82) is 0 Å². The standard InChI is InChI=1S/C19H20N4O/c1-22-11-12-23(17(13-22)14-7-3-2-4-8-14)19(24)18-15-9-5-6-10-16(15)20-21-18/h2-10,17H,11-13H2,1H3,(H,20,21). The Hall–Kier alpha value is -2.66. The van der Waals surface area contributed by atoms with Crippen molar-refractivity contribution in [2.75, 3.05) is 26.7 Å². The number of hydrogen-bond donors (Lipinski definition) is 1. The van der Waals surface area contributed by atoms with Crippen LogP contribution in [0.1, 0.15) is 22.1 Å². The highest BCUT2D eigenvalue weighted by Crippen LogP contribution is 2.27. The molecule has 1 aliphatic heterocycles. The summed E-state index contributed by atoms with van der Waals surface area (Å²) >= 11 is 0. The van der Waals surface area contributed by atoms with Crippen molar-refractivity contribution >= 4 is 16.8 Å². The molecular formula is C19H20N4O. The number of piperazine rings is 1. The van der Waals surface area contributed by atoms with E-state index >= 15 is 0 Å². The van der Waals surface area contributed by atoms with Gasteiger partial charge in [0.1, 0.15) is 0 Å². The average molecular weight is 320 g/mol. The van der Waals surface area contributed by atoms with Crippen molar-refractivity contribution in [2.45, 2.75) is 6.04 Å². The highest BCUT2D eigenvalue weighted by molar-refractivity contribution is 6.04. The molecule has 1 unspecified atom stereocenters. The number of para-hydroxylation sites is 1. The highest BCUT2D eigenvalue weighted by Gasteiger charge is 2.32. The molecular weight excluding hydrogens is 300 g/mol. The number of amides is 1. The van der Waals surface area contributed by atoms with Gasteiger partial charge in [-0.3, -0.25) is 9.89 Å². The molecule has 5 nitrogen and oxygen atoms in total. The first-order valence-electron chi connectivity index (χ1n) is 8.21. The Labute approximate surface area is 140 Å². The first kappa shape index (κ1) is 14.9. The molecule has 1 saturated heterocycles. The maximum absolute atomic E-state index is 13.2. The number of hydrogen-bond acceptors (Lipinski definition) is 3. The number of nitrogens with one attached hydrogen (secondary N) is 1. The second-order valence-electron chi connectivity index (χ2n) is 6.31. The number of benzene rings is 2. The van der Waals surface area contributed by atoms with Gasteiger partial charge in [0.15, 0.2) is 5.69 Å². The van der Waals surface area contributed by atoms with Crippen LogP contribution in [0.15, 0.2) is 54.6 Å². The monoisotopic (exact) mass is 320 g/mol. The molecule has 4 rings (SSSR count). The Morgan fingerprint density at radius 3 is 2.67 bits per heavy atom. The van der Waals surface area contributed by atoms with Gasteiger partial charge in [-0.1, -0.05) is 48.5 Å². The third-order valence-corrected chi connectivity index (χ3v) is 4.70. The fraction of sp³-hybridized carbons (Fsp3) is 0.263. The Bertz CT molecular complexity index is 858. The summed E-state index contributed by atoms with van der Waals surface area (Å²) in [5.74, 6) is -0.00518. The van der Waals surface area contributed by atoms with Crippen LogP contribution in [-0.2, 0) is 0 Å². The predicted molar refractivity (Wildman–Crippen MR) is 93.8 cm³/mol. The van der Waals surface area contributed by atoms with E-state index in [-0.39, 0.29) is 11.9 Å². The molecule has 0 spiro atoms. The van der Waals surface area contributed by atoms with Gasteiger partial charge in [-0.15, -0.1) is 0 Å². The molecule has 1 amide bonds. The molecule has 5 heteroatoms. The van der Waals surface area contributed by atoms with E-state index in [2.05, 4.69) is 34.3 Å². The van der Waals surface area contributed by atoms with E-state index in [0.717, 1.165) is 29.6 Å². The summed E-state index contributed by atoms with van der Waals surface area (Å²) < 4.78 is 0. The summed E-state index contributed by atoms with van der Waals surface area (Å²) in [4.78, 5) is 17.4. The minimum atomic E-state index is -0.00518. The lowest BCUT2D eigenvalue weighted by atomic mass is 10.0. The Morgan fingerprint density at radius 1 is 1.08 bits per heavy atom. The number of aromatic nitrogens is 2. The Balaban J connectivity index is 1.71. The molecule has 1 atom stereocenters. The van der Waals surface area contributed by atoms with Crippen molar-refractivity contribution in [3.63, 3.8) is 0 Å². The molecule has 1 aliphatic rings. The molecule has 24 heavy (non-hydrogen) atoms. The predicted octanol–water partition coefficient (Wildman–Crippen LogP) is 2.69. The maximum atomic E-state index is 13.2. The molecule has 0 aliphatic carbocycles. The van der Waals surface area contributed by atoms with E-state index in [1.807, 2.05) is 47.4 Å². The number of H-pyrrole nitrogens is 1. The summed E-state index contributed by atoms with van der Waals surface area (Å²) in [5.41, 5.74) is 2.57. The van der Waals surface area contributed by atoms with Gasteiger partial charge in [0.05, 0.1) is 11.6 Å². The summed E-state index contributed by atoms with van der Waals surface area (Å²) in [6.07, 6.45) is 0. The molecule has 1 aromatic heterocycles. The summed E-state index contributed by atoms with van der Waals surface area (Å²) in [6.45, 7) is 2.41. The zero-order valence-electron chi connectivity index (χ0n) is 13.6.